The number of rotatable bonds is 12. The van der Waals surface area contributed by atoms with Crippen molar-refractivity contribution in [3.8, 4) is 5.75 Å². The topological polar surface area (TPSA) is 96.0 Å². The molecule has 3 aromatic carbocycles. The smallest absolute Gasteiger partial charge is 0.264 e. The van der Waals surface area contributed by atoms with Crippen LogP contribution in [0.3, 0.4) is 0 Å². The highest BCUT2D eigenvalue weighted by molar-refractivity contribution is 7.92. The van der Waals surface area contributed by atoms with E-state index in [2.05, 4.69) is 5.32 Å². The summed E-state index contributed by atoms with van der Waals surface area (Å²) in [5, 5.41) is 3.24. The van der Waals surface area contributed by atoms with Crippen molar-refractivity contribution in [3.63, 3.8) is 0 Å². The molecule has 0 saturated heterocycles. The van der Waals surface area contributed by atoms with Gasteiger partial charge in [-0.25, -0.2) is 8.42 Å². The summed E-state index contributed by atoms with van der Waals surface area (Å²) in [6, 6.07) is 16.9. The summed E-state index contributed by atoms with van der Waals surface area (Å²) in [7, 11) is -2.68. The number of nitrogens with zero attached hydrogens (tertiary/aromatic N) is 2. The molecule has 1 atom stereocenters. The van der Waals surface area contributed by atoms with E-state index in [9.17, 15) is 18.0 Å². The molecule has 3 rings (SSSR count). The van der Waals surface area contributed by atoms with Crippen molar-refractivity contribution in [3.05, 3.63) is 87.9 Å². The molecule has 3 aromatic rings. The van der Waals surface area contributed by atoms with Crippen LogP contribution in [0.25, 0.3) is 0 Å². The molecule has 0 heterocycles. The summed E-state index contributed by atoms with van der Waals surface area (Å²) in [4.78, 5) is 28.5. The molecular formula is C30H35Cl2N3O5S. The van der Waals surface area contributed by atoms with E-state index in [1.807, 2.05) is 20.8 Å². The van der Waals surface area contributed by atoms with E-state index in [1.165, 1.54) is 42.3 Å². The van der Waals surface area contributed by atoms with Crippen molar-refractivity contribution in [1.82, 2.24) is 10.2 Å². The van der Waals surface area contributed by atoms with Crippen LogP contribution >= 0.6 is 23.2 Å². The van der Waals surface area contributed by atoms with E-state index >= 15 is 0 Å². The Bertz CT molecular complexity index is 1480. The van der Waals surface area contributed by atoms with Crippen LogP contribution in [0, 0.1) is 12.8 Å². The Morgan fingerprint density at radius 3 is 2.24 bits per heavy atom. The first kappa shape index (κ1) is 32.2. The number of halogens is 2. The number of carbonyl (C=O) groups excluding carboxylic acids is 2. The zero-order chi connectivity index (χ0) is 30.3. The molecule has 0 bridgehead atoms. The minimum absolute atomic E-state index is 0.00374. The lowest BCUT2D eigenvalue weighted by Crippen LogP contribution is -2.51. The van der Waals surface area contributed by atoms with E-state index in [0.29, 0.717) is 17.9 Å². The van der Waals surface area contributed by atoms with Crippen LogP contribution in [0.4, 0.5) is 5.69 Å². The monoisotopic (exact) mass is 619 g/mol. The van der Waals surface area contributed by atoms with Gasteiger partial charge in [0, 0.05) is 13.1 Å². The fourth-order valence-electron chi connectivity index (χ4n) is 4.01. The SMILES string of the molecule is COc1cccc(CN(C(=O)CN(c2ccc(Cl)c(Cl)c2)S(=O)(=O)c2ccc(C)cc2)C(C)C(=O)NCC(C)C)c1. The summed E-state index contributed by atoms with van der Waals surface area (Å²) < 4.78 is 34.1. The fourth-order valence-corrected chi connectivity index (χ4v) is 5.71. The van der Waals surface area contributed by atoms with Crippen molar-refractivity contribution >= 4 is 50.7 Å². The first-order valence-electron chi connectivity index (χ1n) is 13.1. The highest BCUT2D eigenvalue weighted by Gasteiger charge is 2.33. The second-order valence-corrected chi connectivity index (χ2v) is 12.8. The Labute approximate surface area is 252 Å². The second kappa shape index (κ2) is 14.1. The van der Waals surface area contributed by atoms with Crippen molar-refractivity contribution in [2.24, 2.45) is 5.92 Å². The molecule has 220 valence electrons. The zero-order valence-corrected chi connectivity index (χ0v) is 26.1. The second-order valence-electron chi connectivity index (χ2n) is 10.1. The number of benzene rings is 3. The zero-order valence-electron chi connectivity index (χ0n) is 23.7. The average molecular weight is 621 g/mol. The van der Waals surface area contributed by atoms with Gasteiger partial charge >= 0.3 is 0 Å². The van der Waals surface area contributed by atoms with Gasteiger partial charge < -0.3 is 15.0 Å². The molecule has 0 radical (unpaired) electrons. The summed E-state index contributed by atoms with van der Waals surface area (Å²) in [5.74, 6) is -0.135. The summed E-state index contributed by atoms with van der Waals surface area (Å²) in [6.07, 6.45) is 0. The quantitative estimate of drug-likeness (QED) is 0.281. The largest absolute Gasteiger partial charge is 0.497 e. The Kier molecular flexibility index (Phi) is 11.1. The molecule has 0 aromatic heterocycles. The first-order chi connectivity index (χ1) is 19.3. The fraction of sp³-hybridized carbons (Fsp3) is 0.333. The van der Waals surface area contributed by atoms with Gasteiger partial charge in [-0.3, -0.25) is 13.9 Å². The predicted molar refractivity (Wildman–Crippen MR) is 163 cm³/mol. The number of nitrogens with one attached hydrogen (secondary N) is 1. The molecule has 11 heteroatoms. The third-order valence-corrected chi connectivity index (χ3v) is 8.95. The number of carbonyl (C=O) groups is 2. The predicted octanol–water partition coefficient (Wildman–Crippen LogP) is 5.70. The van der Waals surface area contributed by atoms with Gasteiger partial charge in [0.1, 0.15) is 18.3 Å². The van der Waals surface area contributed by atoms with E-state index in [-0.39, 0.29) is 39.0 Å². The average Bonchev–Trinajstić information content (AvgIpc) is 2.94. The van der Waals surface area contributed by atoms with Crippen molar-refractivity contribution < 1.29 is 22.7 Å². The lowest BCUT2D eigenvalue weighted by molar-refractivity contribution is -0.139. The number of ether oxygens (including phenoxy) is 1. The van der Waals surface area contributed by atoms with Crippen LogP contribution in [-0.4, -0.2) is 51.4 Å². The molecule has 0 aliphatic rings. The third-order valence-electron chi connectivity index (χ3n) is 6.42. The van der Waals surface area contributed by atoms with Crippen LogP contribution in [-0.2, 0) is 26.2 Å². The van der Waals surface area contributed by atoms with E-state index in [4.69, 9.17) is 27.9 Å². The highest BCUT2D eigenvalue weighted by atomic mass is 35.5. The molecule has 1 N–H and O–H groups in total. The molecular weight excluding hydrogens is 585 g/mol. The van der Waals surface area contributed by atoms with Crippen LogP contribution in [0.5, 0.6) is 5.75 Å². The Balaban J connectivity index is 2.05. The molecule has 41 heavy (non-hydrogen) atoms. The minimum atomic E-state index is -4.22. The van der Waals surface area contributed by atoms with E-state index in [1.54, 1.807) is 43.3 Å². The summed E-state index contributed by atoms with van der Waals surface area (Å²) in [5.41, 5.74) is 1.75. The Morgan fingerprint density at radius 1 is 0.951 bits per heavy atom. The number of anilines is 1. The van der Waals surface area contributed by atoms with Gasteiger partial charge in [-0.05, 0) is 67.8 Å². The van der Waals surface area contributed by atoms with Crippen molar-refractivity contribution in [1.29, 1.82) is 0 Å². The van der Waals surface area contributed by atoms with Gasteiger partial charge in [-0.2, -0.15) is 0 Å². The van der Waals surface area contributed by atoms with Gasteiger partial charge in [0.15, 0.2) is 0 Å². The normalized spacial score (nSPS) is 12.1. The Morgan fingerprint density at radius 2 is 1.63 bits per heavy atom. The van der Waals surface area contributed by atoms with Gasteiger partial charge in [0.05, 0.1) is 27.7 Å². The lowest BCUT2D eigenvalue weighted by atomic mass is 10.1. The highest BCUT2D eigenvalue weighted by Crippen LogP contribution is 2.31. The standard InChI is InChI=1S/C30H35Cl2N3O5S/c1-20(2)17-33-30(37)22(4)34(18-23-7-6-8-25(15-23)40-5)29(36)19-35(24-11-14-27(31)28(32)16-24)41(38,39)26-12-9-21(3)10-13-26/h6-16,20,22H,17-19H2,1-5H3,(H,33,37). The van der Waals surface area contributed by atoms with E-state index in [0.717, 1.165) is 9.87 Å². The van der Waals surface area contributed by atoms with E-state index < -0.39 is 28.5 Å². The van der Waals surface area contributed by atoms with Crippen LogP contribution in [0.2, 0.25) is 10.0 Å². The Hall–Kier alpha value is -3.27. The van der Waals surface area contributed by atoms with Gasteiger partial charge in [0.2, 0.25) is 11.8 Å². The maximum absolute atomic E-state index is 14.0. The summed E-state index contributed by atoms with van der Waals surface area (Å²) in [6.45, 7) is 7.29. The number of hydrogen-bond donors (Lipinski definition) is 1. The molecule has 0 spiro atoms. The molecule has 8 nitrogen and oxygen atoms in total. The molecule has 2 amide bonds. The van der Waals surface area contributed by atoms with Crippen molar-refractivity contribution in [2.75, 3.05) is 24.5 Å². The van der Waals surface area contributed by atoms with Gasteiger partial charge in [-0.15, -0.1) is 0 Å². The molecule has 0 fully saturated rings. The molecule has 0 aliphatic carbocycles. The van der Waals surface area contributed by atoms with Crippen LogP contribution in [0.15, 0.2) is 71.6 Å². The molecule has 0 saturated carbocycles. The minimum Gasteiger partial charge on any atom is -0.497 e. The van der Waals surface area contributed by atoms with Crippen LogP contribution < -0.4 is 14.4 Å². The molecule has 1 unspecified atom stereocenters. The van der Waals surface area contributed by atoms with Gasteiger partial charge in [0.25, 0.3) is 10.0 Å². The number of amides is 2. The molecule has 0 aliphatic heterocycles. The van der Waals surface area contributed by atoms with Crippen molar-refractivity contribution in [2.45, 2.75) is 45.2 Å². The summed E-state index contributed by atoms with van der Waals surface area (Å²) >= 11 is 12.4. The number of sulfonamides is 1. The van der Waals surface area contributed by atoms with Gasteiger partial charge in [-0.1, -0.05) is 66.9 Å². The number of hydrogen-bond acceptors (Lipinski definition) is 5. The number of aryl methyl sites for hydroxylation is 1. The number of methoxy groups -OCH3 is 1. The lowest BCUT2D eigenvalue weighted by Gasteiger charge is -2.32. The maximum atomic E-state index is 14.0. The van der Waals surface area contributed by atoms with Crippen LogP contribution in [0.1, 0.15) is 31.9 Å². The maximum Gasteiger partial charge on any atom is 0.264 e. The first-order valence-corrected chi connectivity index (χ1v) is 15.3. The third kappa shape index (κ3) is 8.38.